The number of nitrogens with zero attached hydrogens (tertiary/aromatic N) is 4. The molecule has 0 N–H and O–H groups in total. The van der Waals surface area contributed by atoms with Gasteiger partial charge in [0.1, 0.15) is 17.9 Å². The fraction of sp³-hybridized carbons (Fsp3) is 0.333. The zero-order valence-corrected chi connectivity index (χ0v) is 14.9. The number of carbonyl (C=O) groups excluding carboxylic acids is 1. The number of aromatic nitrogens is 2. The summed E-state index contributed by atoms with van der Waals surface area (Å²) in [5, 5.41) is 15.2. The van der Waals surface area contributed by atoms with Crippen molar-refractivity contribution in [1.29, 1.82) is 0 Å². The second-order valence-corrected chi connectivity index (χ2v) is 7.00. The summed E-state index contributed by atoms with van der Waals surface area (Å²) in [5.41, 5.74) is 0.609. The third-order valence-electron chi connectivity index (χ3n) is 3.49. The maximum Gasteiger partial charge on any atom is 0.312 e. The van der Waals surface area contributed by atoms with Crippen LogP contribution in [0.3, 0.4) is 0 Å². The summed E-state index contributed by atoms with van der Waals surface area (Å²) in [4.78, 5) is 25.7. The smallest absolute Gasteiger partial charge is 0.312 e. The molecule has 9 heteroatoms. The minimum Gasteiger partial charge on any atom is -0.332 e. The van der Waals surface area contributed by atoms with E-state index < -0.39 is 4.92 Å². The summed E-state index contributed by atoms with van der Waals surface area (Å²) in [6.45, 7) is 7.52. The quantitative estimate of drug-likeness (QED) is 0.426. The lowest BCUT2D eigenvalue weighted by molar-refractivity contribution is -0.386. The molecule has 0 aromatic carbocycles. The number of halogens is 1. The van der Waals surface area contributed by atoms with Gasteiger partial charge in [-0.25, -0.2) is 0 Å². The lowest BCUT2D eigenvalue weighted by Crippen LogP contribution is -2.33. The molecule has 0 saturated carbocycles. The number of rotatable bonds is 7. The standard InChI is InChI=1S/C15H17ClN4O3S/c1-4-7-18(8-12-5-6-13(16)24-12)14(21)9-19-11(3)15(20(22)23)10(2)17-19/h4-6H,1,7-9H2,2-3H3. The first kappa shape index (κ1) is 18.2. The number of hydrogen-bond acceptors (Lipinski definition) is 5. The Morgan fingerprint density at radius 2 is 2.25 bits per heavy atom. The molecule has 2 aromatic heterocycles. The molecule has 2 heterocycles. The minimum atomic E-state index is -0.478. The molecule has 1 amide bonds. The van der Waals surface area contributed by atoms with Gasteiger partial charge in [-0.3, -0.25) is 19.6 Å². The van der Waals surface area contributed by atoms with Crippen molar-refractivity contribution in [2.75, 3.05) is 6.54 Å². The molecule has 0 aliphatic carbocycles. The number of aryl methyl sites for hydroxylation is 1. The van der Waals surface area contributed by atoms with Crippen molar-refractivity contribution in [3.63, 3.8) is 0 Å². The van der Waals surface area contributed by atoms with Crippen molar-refractivity contribution in [3.8, 4) is 0 Å². The molecule has 2 rings (SSSR count). The molecule has 0 fully saturated rings. The average molecular weight is 369 g/mol. The first-order valence-corrected chi connectivity index (χ1v) is 8.34. The van der Waals surface area contributed by atoms with Gasteiger partial charge >= 0.3 is 5.69 Å². The third kappa shape index (κ3) is 4.01. The Balaban J connectivity index is 2.17. The van der Waals surface area contributed by atoms with Crippen LogP contribution in [0.5, 0.6) is 0 Å². The molecule has 7 nitrogen and oxygen atoms in total. The van der Waals surface area contributed by atoms with Crippen molar-refractivity contribution in [2.24, 2.45) is 0 Å². The van der Waals surface area contributed by atoms with Crippen LogP contribution in [-0.4, -0.2) is 32.1 Å². The van der Waals surface area contributed by atoms with Gasteiger partial charge in [-0.2, -0.15) is 5.10 Å². The number of nitro groups is 1. The van der Waals surface area contributed by atoms with Crippen LogP contribution in [0, 0.1) is 24.0 Å². The molecule has 0 radical (unpaired) electrons. The maximum atomic E-state index is 12.6. The van der Waals surface area contributed by atoms with E-state index in [0.717, 1.165) is 4.88 Å². The Morgan fingerprint density at radius 1 is 1.54 bits per heavy atom. The molecule has 2 aromatic rings. The van der Waals surface area contributed by atoms with Crippen LogP contribution in [0.4, 0.5) is 5.69 Å². The fourth-order valence-electron chi connectivity index (χ4n) is 2.37. The highest BCUT2D eigenvalue weighted by atomic mass is 35.5. The third-order valence-corrected chi connectivity index (χ3v) is 4.70. The van der Waals surface area contributed by atoms with Gasteiger partial charge in [0.25, 0.3) is 0 Å². The number of thiophene rings is 1. The fourth-order valence-corrected chi connectivity index (χ4v) is 3.47. The van der Waals surface area contributed by atoms with Gasteiger partial charge in [-0.15, -0.1) is 17.9 Å². The molecule has 0 unspecified atom stereocenters. The highest BCUT2D eigenvalue weighted by Gasteiger charge is 2.24. The van der Waals surface area contributed by atoms with Crippen molar-refractivity contribution in [2.45, 2.75) is 26.9 Å². The lowest BCUT2D eigenvalue weighted by atomic mass is 10.3. The Bertz CT molecular complexity index is 784. The Morgan fingerprint density at radius 3 is 2.75 bits per heavy atom. The van der Waals surface area contributed by atoms with E-state index in [9.17, 15) is 14.9 Å². The molecule has 0 bridgehead atoms. The summed E-state index contributed by atoms with van der Waals surface area (Å²) in [6, 6.07) is 3.65. The van der Waals surface area contributed by atoms with Gasteiger partial charge in [0.2, 0.25) is 5.91 Å². The topological polar surface area (TPSA) is 81.3 Å². The van der Waals surface area contributed by atoms with Crippen LogP contribution in [0.25, 0.3) is 0 Å². The van der Waals surface area contributed by atoms with Crippen LogP contribution in [0.2, 0.25) is 4.34 Å². The highest BCUT2D eigenvalue weighted by molar-refractivity contribution is 7.16. The maximum absolute atomic E-state index is 12.6. The van der Waals surface area contributed by atoms with Crippen LogP contribution in [-0.2, 0) is 17.9 Å². The second kappa shape index (κ2) is 7.59. The van der Waals surface area contributed by atoms with E-state index in [1.165, 1.54) is 16.0 Å². The van der Waals surface area contributed by atoms with Gasteiger partial charge < -0.3 is 4.90 Å². The highest BCUT2D eigenvalue weighted by Crippen LogP contribution is 2.24. The van der Waals surface area contributed by atoms with E-state index in [1.54, 1.807) is 30.9 Å². The first-order chi connectivity index (χ1) is 11.3. The average Bonchev–Trinajstić information content (AvgIpc) is 3.02. The molecule has 0 saturated heterocycles. The molecule has 0 aliphatic heterocycles. The molecule has 0 spiro atoms. The lowest BCUT2D eigenvalue weighted by Gasteiger charge is -2.20. The summed E-state index contributed by atoms with van der Waals surface area (Å²) in [6.07, 6.45) is 1.64. The monoisotopic (exact) mass is 368 g/mol. The van der Waals surface area contributed by atoms with E-state index in [-0.39, 0.29) is 18.1 Å². The van der Waals surface area contributed by atoms with Crippen LogP contribution < -0.4 is 0 Å². The Kier molecular flexibility index (Phi) is 5.74. The summed E-state index contributed by atoms with van der Waals surface area (Å²) >= 11 is 7.32. The van der Waals surface area contributed by atoms with Crippen LogP contribution in [0.1, 0.15) is 16.3 Å². The van der Waals surface area contributed by atoms with Gasteiger partial charge in [0.15, 0.2) is 0 Å². The molecule has 128 valence electrons. The van der Waals surface area contributed by atoms with Crippen molar-refractivity contribution in [3.05, 3.63) is 55.5 Å². The summed E-state index contributed by atoms with van der Waals surface area (Å²) in [5.74, 6) is -0.195. The summed E-state index contributed by atoms with van der Waals surface area (Å²) in [7, 11) is 0. The first-order valence-electron chi connectivity index (χ1n) is 7.14. The van der Waals surface area contributed by atoms with E-state index in [1.807, 2.05) is 6.07 Å². The molecule has 0 atom stereocenters. The predicted octanol–water partition coefficient (Wildman–Crippen LogP) is 3.34. The van der Waals surface area contributed by atoms with E-state index >= 15 is 0 Å². The van der Waals surface area contributed by atoms with E-state index in [4.69, 9.17) is 11.6 Å². The molecule has 24 heavy (non-hydrogen) atoms. The van der Waals surface area contributed by atoms with Crippen molar-refractivity contribution < 1.29 is 9.72 Å². The molecular formula is C15H17ClN4O3S. The minimum absolute atomic E-state index is 0.0527. The van der Waals surface area contributed by atoms with Gasteiger partial charge in [-0.05, 0) is 26.0 Å². The van der Waals surface area contributed by atoms with Gasteiger partial charge in [-0.1, -0.05) is 17.7 Å². The Labute approximate surface area is 148 Å². The van der Waals surface area contributed by atoms with Gasteiger partial charge in [0.05, 0.1) is 15.8 Å². The number of carbonyl (C=O) groups is 1. The Hall–Kier alpha value is -2.19. The number of hydrogen-bond donors (Lipinski definition) is 0. The van der Waals surface area contributed by atoms with E-state index in [2.05, 4.69) is 11.7 Å². The zero-order chi connectivity index (χ0) is 17.9. The van der Waals surface area contributed by atoms with Gasteiger partial charge in [0, 0.05) is 11.4 Å². The molecular weight excluding hydrogens is 352 g/mol. The zero-order valence-electron chi connectivity index (χ0n) is 13.4. The van der Waals surface area contributed by atoms with Crippen LogP contribution in [0.15, 0.2) is 24.8 Å². The SMILES string of the molecule is C=CCN(Cc1ccc(Cl)s1)C(=O)Cn1nc(C)c([N+](=O)[O-])c1C. The van der Waals surface area contributed by atoms with E-state index in [0.29, 0.717) is 28.8 Å². The second-order valence-electron chi connectivity index (χ2n) is 5.20. The number of amides is 1. The van der Waals surface area contributed by atoms with Crippen molar-refractivity contribution in [1.82, 2.24) is 14.7 Å². The molecule has 0 aliphatic rings. The normalized spacial score (nSPS) is 10.6. The van der Waals surface area contributed by atoms with Crippen LogP contribution >= 0.6 is 22.9 Å². The predicted molar refractivity (Wildman–Crippen MR) is 93.3 cm³/mol. The summed E-state index contributed by atoms with van der Waals surface area (Å²) < 4.78 is 2.03. The van der Waals surface area contributed by atoms with Crippen molar-refractivity contribution >= 4 is 34.5 Å². The largest absolute Gasteiger partial charge is 0.332 e.